The van der Waals surface area contributed by atoms with Crippen LogP contribution in [-0.2, 0) is 16.0 Å². The van der Waals surface area contributed by atoms with Crippen molar-refractivity contribution in [2.24, 2.45) is 17.8 Å². The minimum Gasteiger partial charge on any atom is -0.351 e. The third-order valence-electron chi connectivity index (χ3n) is 5.64. The molecule has 2 amide bonds. The molecule has 0 aliphatic heterocycles. The smallest absolute Gasteiger partial charge is 0.246 e. The fourth-order valence-corrected chi connectivity index (χ4v) is 3.99. The second kappa shape index (κ2) is 9.72. The molecule has 1 aliphatic rings. The molecule has 0 aromatic heterocycles. The van der Waals surface area contributed by atoms with Crippen LogP contribution in [0.25, 0.3) is 0 Å². The quantitative estimate of drug-likeness (QED) is 0.716. The topological polar surface area (TPSA) is 58.2 Å². The molecule has 1 aromatic carbocycles. The number of amides is 2. The molecule has 1 saturated carbocycles. The maximum absolute atomic E-state index is 13.1. The predicted molar refractivity (Wildman–Crippen MR) is 110 cm³/mol. The van der Waals surface area contributed by atoms with E-state index in [1.54, 1.807) is 6.92 Å². The summed E-state index contributed by atoms with van der Waals surface area (Å²) in [6, 6.07) is 9.37. The number of nitrogens with one attached hydrogen (secondary N) is 2. The van der Waals surface area contributed by atoms with E-state index in [9.17, 15) is 9.59 Å². The van der Waals surface area contributed by atoms with Gasteiger partial charge >= 0.3 is 0 Å². The summed E-state index contributed by atoms with van der Waals surface area (Å²) in [4.78, 5) is 25.3. The highest BCUT2D eigenvalue weighted by atomic mass is 16.2. The Hall–Kier alpha value is -2.10. The van der Waals surface area contributed by atoms with Gasteiger partial charge in [0.2, 0.25) is 11.8 Å². The predicted octanol–water partition coefficient (Wildman–Crippen LogP) is 3.87. The van der Waals surface area contributed by atoms with Gasteiger partial charge in [0.15, 0.2) is 0 Å². The van der Waals surface area contributed by atoms with Crippen LogP contribution in [0.2, 0.25) is 0 Å². The molecule has 0 radical (unpaired) electrons. The number of hydrogen-bond donors (Lipinski definition) is 2. The highest BCUT2D eigenvalue weighted by Gasteiger charge is 2.33. The van der Waals surface area contributed by atoms with Crippen molar-refractivity contribution in [2.75, 3.05) is 0 Å². The minimum absolute atomic E-state index is 0.0989. The van der Waals surface area contributed by atoms with Crippen LogP contribution in [0.4, 0.5) is 0 Å². The average molecular weight is 371 g/mol. The molecule has 1 aliphatic carbocycles. The van der Waals surface area contributed by atoms with E-state index in [1.165, 1.54) is 6.42 Å². The Balaban J connectivity index is 2.13. The Morgan fingerprint density at radius 2 is 1.85 bits per heavy atom. The highest BCUT2D eigenvalue weighted by Crippen LogP contribution is 2.33. The Morgan fingerprint density at radius 1 is 1.19 bits per heavy atom. The maximum atomic E-state index is 13.1. The average Bonchev–Trinajstić information content (AvgIpc) is 2.61. The van der Waals surface area contributed by atoms with E-state index in [-0.39, 0.29) is 17.9 Å². The number of benzene rings is 1. The second-order valence-corrected chi connectivity index (χ2v) is 8.44. The van der Waals surface area contributed by atoms with Crippen molar-refractivity contribution in [1.29, 1.82) is 0 Å². The molecule has 1 aromatic rings. The fraction of sp³-hybridized carbons (Fsp3) is 0.565. The Morgan fingerprint density at radius 3 is 2.44 bits per heavy atom. The van der Waals surface area contributed by atoms with Gasteiger partial charge in [-0.2, -0.15) is 0 Å². The SMILES string of the molecule is C=C(C)C(=O)N[C@@H](Cc1ccccc1)C(=O)NC1CC(C)CCC1C(C)C. The molecule has 1 fully saturated rings. The zero-order valence-corrected chi connectivity index (χ0v) is 17.1. The lowest BCUT2D eigenvalue weighted by Gasteiger charge is -2.38. The van der Waals surface area contributed by atoms with Crippen LogP contribution in [-0.4, -0.2) is 23.9 Å². The van der Waals surface area contributed by atoms with Gasteiger partial charge < -0.3 is 10.6 Å². The number of carbonyl (C=O) groups excluding carboxylic acids is 2. The van der Waals surface area contributed by atoms with E-state index in [4.69, 9.17) is 0 Å². The summed E-state index contributed by atoms with van der Waals surface area (Å²) in [5.41, 5.74) is 1.43. The van der Waals surface area contributed by atoms with Crippen molar-refractivity contribution in [1.82, 2.24) is 10.6 Å². The first kappa shape index (κ1) is 21.2. The summed E-state index contributed by atoms with van der Waals surface area (Å²) in [6.07, 6.45) is 3.84. The van der Waals surface area contributed by atoms with Gasteiger partial charge in [-0.15, -0.1) is 0 Å². The lowest BCUT2D eigenvalue weighted by atomic mass is 9.74. The van der Waals surface area contributed by atoms with Crippen LogP contribution in [0.15, 0.2) is 42.5 Å². The number of hydrogen-bond acceptors (Lipinski definition) is 2. The van der Waals surface area contributed by atoms with Gasteiger partial charge in [-0.3, -0.25) is 9.59 Å². The normalized spacial score (nSPS) is 23.5. The molecule has 0 heterocycles. The van der Waals surface area contributed by atoms with Gasteiger partial charge in [-0.1, -0.05) is 64.1 Å². The first-order valence-electron chi connectivity index (χ1n) is 10.1. The molecule has 4 nitrogen and oxygen atoms in total. The standard InChI is InChI=1S/C23H34N2O2/c1-15(2)19-12-11-17(5)13-20(19)24-23(27)21(25-22(26)16(3)4)14-18-9-7-6-8-10-18/h6-10,15,17,19-21H,3,11-14H2,1-2,4-5H3,(H,24,27)(H,25,26)/t17?,19?,20?,21-/m0/s1. The van der Waals surface area contributed by atoms with Gasteiger partial charge in [0.05, 0.1) is 0 Å². The van der Waals surface area contributed by atoms with Crippen LogP contribution in [0.1, 0.15) is 52.5 Å². The van der Waals surface area contributed by atoms with Crippen molar-refractivity contribution in [3.63, 3.8) is 0 Å². The van der Waals surface area contributed by atoms with Crippen molar-refractivity contribution >= 4 is 11.8 Å². The zero-order chi connectivity index (χ0) is 20.0. The van der Waals surface area contributed by atoms with E-state index in [1.807, 2.05) is 30.3 Å². The van der Waals surface area contributed by atoms with Gasteiger partial charge in [0.25, 0.3) is 0 Å². The van der Waals surface area contributed by atoms with Crippen LogP contribution in [0.3, 0.4) is 0 Å². The van der Waals surface area contributed by atoms with Gasteiger partial charge in [-0.25, -0.2) is 0 Å². The summed E-state index contributed by atoms with van der Waals surface area (Å²) in [5, 5.41) is 6.12. The van der Waals surface area contributed by atoms with Gasteiger partial charge in [-0.05, 0) is 43.1 Å². The molecule has 3 unspecified atom stereocenters. The molecule has 27 heavy (non-hydrogen) atoms. The lowest BCUT2D eigenvalue weighted by Crippen LogP contribution is -2.54. The number of rotatable bonds is 7. The monoisotopic (exact) mass is 370 g/mol. The fourth-order valence-electron chi connectivity index (χ4n) is 3.99. The second-order valence-electron chi connectivity index (χ2n) is 8.44. The Labute approximate surface area is 163 Å². The van der Waals surface area contributed by atoms with Gasteiger partial charge in [0, 0.05) is 18.0 Å². The van der Waals surface area contributed by atoms with Gasteiger partial charge in [0.1, 0.15) is 6.04 Å². The molecule has 4 heteroatoms. The molecule has 0 spiro atoms. The van der Waals surface area contributed by atoms with E-state index in [0.717, 1.165) is 18.4 Å². The third kappa shape index (κ3) is 6.23. The first-order valence-corrected chi connectivity index (χ1v) is 10.1. The van der Waals surface area contributed by atoms with Crippen LogP contribution < -0.4 is 10.6 Å². The van der Waals surface area contributed by atoms with E-state index in [2.05, 4.69) is 38.0 Å². The van der Waals surface area contributed by atoms with Crippen molar-refractivity contribution in [3.8, 4) is 0 Å². The summed E-state index contributed by atoms with van der Waals surface area (Å²) in [7, 11) is 0. The molecule has 2 rings (SSSR count). The maximum Gasteiger partial charge on any atom is 0.246 e. The summed E-state index contributed by atoms with van der Waals surface area (Å²) in [5.74, 6) is 1.25. The van der Waals surface area contributed by atoms with Crippen molar-refractivity contribution in [3.05, 3.63) is 48.0 Å². The van der Waals surface area contributed by atoms with Crippen molar-refractivity contribution < 1.29 is 9.59 Å². The zero-order valence-electron chi connectivity index (χ0n) is 17.1. The van der Waals surface area contributed by atoms with Crippen LogP contribution >= 0.6 is 0 Å². The Kier molecular flexibility index (Phi) is 7.64. The van der Waals surface area contributed by atoms with Crippen LogP contribution in [0, 0.1) is 17.8 Å². The lowest BCUT2D eigenvalue weighted by molar-refractivity contribution is -0.128. The Bertz CT molecular complexity index is 654. The minimum atomic E-state index is -0.596. The summed E-state index contributed by atoms with van der Waals surface area (Å²) >= 11 is 0. The molecule has 2 N–H and O–H groups in total. The van der Waals surface area contributed by atoms with Crippen LogP contribution in [0.5, 0.6) is 0 Å². The molecular weight excluding hydrogens is 336 g/mol. The van der Waals surface area contributed by atoms with E-state index < -0.39 is 6.04 Å². The highest BCUT2D eigenvalue weighted by molar-refractivity contribution is 5.96. The molecule has 0 saturated heterocycles. The molecule has 148 valence electrons. The molecular formula is C23H34N2O2. The third-order valence-corrected chi connectivity index (χ3v) is 5.64. The van der Waals surface area contributed by atoms with Crippen molar-refractivity contribution in [2.45, 2.75) is 65.5 Å². The molecule has 0 bridgehead atoms. The number of carbonyl (C=O) groups is 2. The van der Waals surface area contributed by atoms with E-state index >= 15 is 0 Å². The molecule has 4 atom stereocenters. The largest absolute Gasteiger partial charge is 0.351 e. The van der Waals surface area contributed by atoms with E-state index in [0.29, 0.717) is 29.7 Å². The summed E-state index contributed by atoms with van der Waals surface area (Å²) < 4.78 is 0. The summed E-state index contributed by atoms with van der Waals surface area (Å²) in [6.45, 7) is 12.1. The first-order chi connectivity index (χ1) is 12.8.